The summed E-state index contributed by atoms with van der Waals surface area (Å²) in [5, 5.41) is 12.6. The molecule has 0 bridgehead atoms. The lowest BCUT2D eigenvalue weighted by Gasteiger charge is -2.44. The van der Waals surface area contributed by atoms with E-state index in [1.165, 1.54) is 30.9 Å². The van der Waals surface area contributed by atoms with Crippen LogP contribution in [0, 0.1) is 11.8 Å². The zero-order valence-corrected chi connectivity index (χ0v) is 32.7. The molecule has 1 aliphatic carbocycles. The molecule has 1 aliphatic heterocycles. The van der Waals surface area contributed by atoms with E-state index in [9.17, 15) is 4.79 Å². The van der Waals surface area contributed by atoms with Gasteiger partial charge in [-0.1, -0.05) is 136 Å². The molecule has 2 fully saturated rings. The van der Waals surface area contributed by atoms with Crippen LogP contribution in [0.25, 0.3) is 10.1 Å². The number of rotatable bonds is 15. The van der Waals surface area contributed by atoms with E-state index < -0.39 is 14.3 Å². The van der Waals surface area contributed by atoms with Gasteiger partial charge in [-0.15, -0.1) is 11.3 Å². The molecule has 2 heterocycles. The van der Waals surface area contributed by atoms with Gasteiger partial charge in [0.1, 0.15) is 0 Å². The molecule has 1 saturated heterocycles. The van der Waals surface area contributed by atoms with E-state index in [1.807, 2.05) is 11.3 Å². The second-order valence-electron chi connectivity index (χ2n) is 15.3. The van der Waals surface area contributed by atoms with Gasteiger partial charge in [-0.2, -0.15) is 0 Å². The van der Waals surface area contributed by atoms with Crippen molar-refractivity contribution in [2.45, 2.75) is 95.7 Å². The lowest BCUT2D eigenvalue weighted by atomic mass is 9.89. The van der Waals surface area contributed by atoms with Gasteiger partial charge in [0, 0.05) is 28.5 Å². The van der Waals surface area contributed by atoms with Crippen molar-refractivity contribution >= 4 is 46.1 Å². The highest BCUT2D eigenvalue weighted by atomic mass is 32.1. The fraction of sp³-hybridized carbons (Fsp3) is 0.400. The zero-order valence-electron chi connectivity index (χ0n) is 30.9. The first-order valence-corrected chi connectivity index (χ1v) is 21.7. The van der Waals surface area contributed by atoms with E-state index in [1.54, 1.807) is 0 Å². The van der Waals surface area contributed by atoms with Crippen molar-refractivity contribution in [3.63, 3.8) is 0 Å². The third-order valence-electron chi connectivity index (χ3n) is 10.6. The second-order valence-corrected chi connectivity index (χ2v) is 20.7. The van der Waals surface area contributed by atoms with Gasteiger partial charge in [0.2, 0.25) is 0 Å². The van der Waals surface area contributed by atoms with Crippen LogP contribution in [-0.2, 0) is 18.7 Å². The Morgan fingerprint density at radius 1 is 1.00 bits per heavy atom. The van der Waals surface area contributed by atoms with Crippen molar-refractivity contribution in [1.82, 2.24) is 0 Å². The first kappa shape index (κ1) is 38.1. The molecule has 7 heteroatoms. The molecule has 5 nitrogen and oxygen atoms in total. The van der Waals surface area contributed by atoms with E-state index in [-0.39, 0.29) is 41.8 Å². The molecule has 274 valence electrons. The van der Waals surface area contributed by atoms with Crippen LogP contribution in [0.2, 0.25) is 5.04 Å². The van der Waals surface area contributed by atoms with Gasteiger partial charge in [0.15, 0.2) is 6.29 Å². The smallest absolute Gasteiger partial charge is 0.303 e. The van der Waals surface area contributed by atoms with Gasteiger partial charge >= 0.3 is 5.97 Å². The highest BCUT2D eigenvalue weighted by molar-refractivity contribution is 7.19. The summed E-state index contributed by atoms with van der Waals surface area (Å²) in [6.07, 6.45) is 14.8. The highest BCUT2D eigenvalue weighted by Gasteiger charge is 2.51. The Kier molecular flexibility index (Phi) is 12.8. The van der Waals surface area contributed by atoms with Crippen molar-refractivity contribution in [3.05, 3.63) is 132 Å². The summed E-state index contributed by atoms with van der Waals surface area (Å²) in [6.45, 7) is 12.3. The first-order valence-electron chi connectivity index (χ1n) is 18.9. The molecular weight excluding hydrogens is 681 g/mol. The fourth-order valence-electron chi connectivity index (χ4n) is 8.00. The molecular formula is C45H54O5SSi. The molecule has 1 unspecified atom stereocenters. The van der Waals surface area contributed by atoms with E-state index in [0.29, 0.717) is 6.42 Å². The third kappa shape index (κ3) is 8.95. The summed E-state index contributed by atoms with van der Waals surface area (Å²) in [5.74, 6) is -0.474. The molecule has 5 atom stereocenters. The molecule has 1 saturated carbocycles. The number of carbonyl (C=O) groups is 1. The summed E-state index contributed by atoms with van der Waals surface area (Å²) in [6, 6.07) is 32.6. The Morgan fingerprint density at radius 3 is 2.33 bits per heavy atom. The molecule has 0 radical (unpaired) electrons. The summed E-state index contributed by atoms with van der Waals surface area (Å²) >= 11 is 1.81. The Balaban J connectivity index is 1.38. The predicted octanol–water partition coefficient (Wildman–Crippen LogP) is 10.4. The SMILES string of the molecule is C=C1C[C@H](OC2CCCCO2)[C@H](C/C=C/CCCC(=O)O)[C@H]1/C=C/[C@@H](O[Si](c1ccccc1)(c1ccccc1)C(C)(C)C)c1cc2ccccc2s1. The molecule has 1 aromatic heterocycles. The van der Waals surface area contributed by atoms with Crippen molar-refractivity contribution in [3.8, 4) is 0 Å². The van der Waals surface area contributed by atoms with Crippen molar-refractivity contribution < 1.29 is 23.8 Å². The van der Waals surface area contributed by atoms with E-state index in [4.69, 9.17) is 19.0 Å². The largest absolute Gasteiger partial charge is 0.481 e. The molecule has 4 aromatic rings. The number of benzene rings is 3. The normalized spacial score (nSPS) is 22.1. The number of hydrogen-bond acceptors (Lipinski definition) is 5. The van der Waals surface area contributed by atoms with Gasteiger partial charge < -0.3 is 19.0 Å². The van der Waals surface area contributed by atoms with Crippen molar-refractivity contribution in [1.29, 1.82) is 0 Å². The van der Waals surface area contributed by atoms with Crippen LogP contribution in [0.5, 0.6) is 0 Å². The summed E-state index contributed by atoms with van der Waals surface area (Å²) in [4.78, 5) is 12.2. The lowest BCUT2D eigenvalue weighted by Crippen LogP contribution is -2.66. The van der Waals surface area contributed by atoms with Crippen LogP contribution < -0.4 is 10.4 Å². The first-order chi connectivity index (χ1) is 25.2. The number of carboxylic acid groups (broad SMARTS) is 1. The molecule has 0 spiro atoms. The molecule has 2 aliphatic rings. The Hall–Kier alpha value is -3.59. The quantitative estimate of drug-likeness (QED) is 0.0748. The number of allylic oxidation sites excluding steroid dienone is 3. The van der Waals surface area contributed by atoms with E-state index in [2.05, 4.69) is 143 Å². The Bertz CT molecular complexity index is 1750. The topological polar surface area (TPSA) is 65.0 Å². The highest BCUT2D eigenvalue weighted by Crippen LogP contribution is 2.45. The molecule has 1 N–H and O–H groups in total. The molecule has 3 aromatic carbocycles. The number of unbranched alkanes of at least 4 members (excludes halogenated alkanes) is 1. The van der Waals surface area contributed by atoms with E-state index >= 15 is 0 Å². The molecule has 0 amide bonds. The van der Waals surface area contributed by atoms with Gasteiger partial charge in [0.05, 0.1) is 12.2 Å². The van der Waals surface area contributed by atoms with Gasteiger partial charge in [-0.3, -0.25) is 4.79 Å². The number of aliphatic carboxylic acids is 1. The second kappa shape index (κ2) is 17.5. The number of hydrogen-bond donors (Lipinski definition) is 1. The van der Waals surface area contributed by atoms with Crippen molar-refractivity contribution in [2.24, 2.45) is 11.8 Å². The Labute approximate surface area is 315 Å². The van der Waals surface area contributed by atoms with Crippen LogP contribution in [0.3, 0.4) is 0 Å². The predicted molar refractivity (Wildman–Crippen MR) is 217 cm³/mol. The maximum absolute atomic E-state index is 11.1. The molecule has 52 heavy (non-hydrogen) atoms. The fourth-order valence-corrected chi connectivity index (χ4v) is 13.8. The van der Waals surface area contributed by atoms with Crippen LogP contribution >= 0.6 is 11.3 Å². The average Bonchev–Trinajstić information content (AvgIpc) is 3.70. The number of fused-ring (bicyclic) bond motifs is 1. The minimum atomic E-state index is -2.90. The minimum Gasteiger partial charge on any atom is -0.481 e. The number of thiophene rings is 1. The monoisotopic (exact) mass is 734 g/mol. The van der Waals surface area contributed by atoms with Crippen LogP contribution in [0.15, 0.2) is 127 Å². The zero-order chi connectivity index (χ0) is 36.6. The minimum absolute atomic E-state index is 0.00529. The Morgan fingerprint density at radius 2 is 1.69 bits per heavy atom. The molecule has 6 rings (SSSR count). The summed E-state index contributed by atoms with van der Waals surface area (Å²) < 4.78 is 21.8. The van der Waals surface area contributed by atoms with Crippen molar-refractivity contribution in [2.75, 3.05) is 6.61 Å². The van der Waals surface area contributed by atoms with Crippen LogP contribution in [0.1, 0.15) is 83.1 Å². The summed E-state index contributed by atoms with van der Waals surface area (Å²) in [5.41, 5.74) is 1.17. The third-order valence-corrected chi connectivity index (χ3v) is 16.8. The van der Waals surface area contributed by atoms with Crippen LogP contribution in [0.4, 0.5) is 0 Å². The maximum atomic E-state index is 11.1. The standard InChI is InChI=1S/C45H54O5SSi/c1-33-31-40(49-44-27-17-18-30-48-44)38(24-13-5-6-14-26-43(46)47)37(33)28-29-39(42-32-34-19-15-16-25-41(34)51-42)50-52(45(2,3)4,35-20-9-7-10-21-35)36-22-11-8-12-23-36/h5,7-13,15-16,19-23,25,28-29,32,37-40,44H,1,6,14,17-18,24,26-27,30-31H2,2-4H3,(H,46,47)/b13-5+,29-28+/t37-,38+,39+,40-,44?/m0/s1. The van der Waals surface area contributed by atoms with E-state index in [0.717, 1.165) is 45.1 Å². The average molecular weight is 735 g/mol. The number of ether oxygens (including phenoxy) is 2. The van der Waals surface area contributed by atoms with Gasteiger partial charge in [0.25, 0.3) is 8.32 Å². The maximum Gasteiger partial charge on any atom is 0.303 e. The van der Waals surface area contributed by atoms with Gasteiger partial charge in [-0.05, 0) is 83.8 Å². The van der Waals surface area contributed by atoms with Gasteiger partial charge in [-0.25, -0.2) is 0 Å². The van der Waals surface area contributed by atoms with Crippen LogP contribution in [-0.4, -0.2) is 38.4 Å². The number of carboxylic acids is 1. The lowest BCUT2D eigenvalue weighted by molar-refractivity contribution is -0.194. The summed E-state index contributed by atoms with van der Waals surface area (Å²) in [7, 11) is -2.90.